The Morgan fingerprint density at radius 3 is 2.62 bits per heavy atom. The van der Waals surface area contributed by atoms with Crippen LogP contribution in [0.15, 0.2) is 24.3 Å². The van der Waals surface area contributed by atoms with Gasteiger partial charge in [0, 0.05) is 18.2 Å². The second-order valence-electron chi connectivity index (χ2n) is 4.56. The van der Waals surface area contributed by atoms with E-state index in [0.717, 1.165) is 11.3 Å². The van der Waals surface area contributed by atoms with Crippen LogP contribution in [0, 0.1) is 5.92 Å². The van der Waals surface area contributed by atoms with Crippen LogP contribution in [-0.2, 0) is 4.79 Å². The van der Waals surface area contributed by atoms with Gasteiger partial charge in [-0.25, -0.2) is 0 Å². The molecule has 0 aromatic heterocycles. The molecule has 1 aromatic carbocycles. The first-order chi connectivity index (χ1) is 7.49. The van der Waals surface area contributed by atoms with Gasteiger partial charge < -0.3 is 11.1 Å². The van der Waals surface area contributed by atoms with E-state index in [4.69, 9.17) is 5.73 Å². The highest BCUT2D eigenvalue weighted by Gasteiger charge is 2.06. The summed E-state index contributed by atoms with van der Waals surface area (Å²) in [5.41, 5.74) is 7.63. The first-order valence-corrected chi connectivity index (χ1v) is 5.64. The zero-order chi connectivity index (χ0) is 12.1. The number of hydrogen-bond acceptors (Lipinski definition) is 2. The van der Waals surface area contributed by atoms with E-state index in [9.17, 15) is 4.79 Å². The minimum absolute atomic E-state index is 0.0121. The molecule has 1 aromatic rings. The fraction of sp³-hybridized carbons (Fsp3) is 0.462. The van der Waals surface area contributed by atoms with Crippen LogP contribution in [0.25, 0.3) is 0 Å². The average Bonchev–Trinajstić information content (AvgIpc) is 2.16. The largest absolute Gasteiger partial charge is 0.326 e. The summed E-state index contributed by atoms with van der Waals surface area (Å²) in [6.07, 6.45) is 0.544. The van der Waals surface area contributed by atoms with Gasteiger partial charge in [-0.1, -0.05) is 26.0 Å². The molecule has 1 atom stereocenters. The van der Waals surface area contributed by atoms with Crippen molar-refractivity contribution in [3.05, 3.63) is 29.8 Å². The molecule has 3 nitrogen and oxygen atoms in total. The number of anilines is 1. The van der Waals surface area contributed by atoms with E-state index in [0.29, 0.717) is 12.3 Å². The third kappa shape index (κ3) is 4.03. The maximum absolute atomic E-state index is 11.6. The molecule has 16 heavy (non-hydrogen) atoms. The van der Waals surface area contributed by atoms with Crippen molar-refractivity contribution in [3.63, 3.8) is 0 Å². The maximum atomic E-state index is 11.6. The van der Waals surface area contributed by atoms with Crippen LogP contribution in [0.5, 0.6) is 0 Å². The smallest absolute Gasteiger partial charge is 0.224 e. The monoisotopic (exact) mass is 220 g/mol. The zero-order valence-electron chi connectivity index (χ0n) is 10.2. The van der Waals surface area contributed by atoms with Crippen molar-refractivity contribution in [2.45, 2.75) is 33.2 Å². The molecule has 0 bridgehead atoms. The Morgan fingerprint density at radius 1 is 1.38 bits per heavy atom. The number of rotatable bonds is 4. The summed E-state index contributed by atoms with van der Waals surface area (Å²) in [7, 11) is 0. The van der Waals surface area contributed by atoms with E-state index in [1.54, 1.807) is 0 Å². The van der Waals surface area contributed by atoms with Crippen LogP contribution >= 0.6 is 0 Å². The van der Waals surface area contributed by atoms with Gasteiger partial charge in [-0.05, 0) is 30.5 Å². The number of amides is 1. The Morgan fingerprint density at radius 2 is 2.06 bits per heavy atom. The number of benzene rings is 1. The standard InChI is InChI=1S/C13H20N2O/c1-9(2)7-13(16)15-12-6-4-5-11(8-12)10(3)14/h4-6,8-10H,7,14H2,1-3H3,(H,15,16). The number of carbonyl (C=O) groups is 1. The second kappa shape index (κ2) is 5.66. The normalized spacial score (nSPS) is 12.6. The molecule has 0 radical (unpaired) electrons. The quantitative estimate of drug-likeness (QED) is 0.819. The zero-order valence-corrected chi connectivity index (χ0v) is 10.2. The van der Waals surface area contributed by atoms with Crippen molar-refractivity contribution in [2.24, 2.45) is 11.7 Å². The molecule has 3 heteroatoms. The van der Waals surface area contributed by atoms with Crippen molar-refractivity contribution in [2.75, 3.05) is 5.32 Å². The molecular weight excluding hydrogens is 200 g/mol. The number of hydrogen-bond donors (Lipinski definition) is 2. The summed E-state index contributed by atoms with van der Waals surface area (Å²) in [5.74, 6) is 0.424. The van der Waals surface area contributed by atoms with Gasteiger partial charge in [-0.15, -0.1) is 0 Å². The lowest BCUT2D eigenvalue weighted by atomic mass is 10.1. The van der Waals surface area contributed by atoms with Crippen molar-refractivity contribution < 1.29 is 4.79 Å². The van der Waals surface area contributed by atoms with Crippen LogP contribution in [-0.4, -0.2) is 5.91 Å². The fourth-order valence-corrected chi connectivity index (χ4v) is 1.48. The van der Waals surface area contributed by atoms with Crippen molar-refractivity contribution in [1.82, 2.24) is 0 Å². The van der Waals surface area contributed by atoms with Crippen LogP contribution in [0.4, 0.5) is 5.69 Å². The number of nitrogens with one attached hydrogen (secondary N) is 1. The van der Waals surface area contributed by atoms with Gasteiger partial charge in [0.1, 0.15) is 0 Å². The molecule has 0 aliphatic heterocycles. The Labute approximate surface area is 97.0 Å². The van der Waals surface area contributed by atoms with Gasteiger partial charge in [-0.2, -0.15) is 0 Å². The molecular formula is C13H20N2O. The van der Waals surface area contributed by atoms with Gasteiger partial charge in [0.05, 0.1) is 0 Å². The summed E-state index contributed by atoms with van der Waals surface area (Å²) in [6, 6.07) is 7.65. The third-order valence-electron chi connectivity index (χ3n) is 2.29. The van der Waals surface area contributed by atoms with Gasteiger partial charge >= 0.3 is 0 Å². The van der Waals surface area contributed by atoms with E-state index < -0.39 is 0 Å². The highest BCUT2D eigenvalue weighted by molar-refractivity contribution is 5.90. The van der Waals surface area contributed by atoms with Crippen LogP contribution in [0.2, 0.25) is 0 Å². The minimum Gasteiger partial charge on any atom is -0.326 e. The highest BCUT2D eigenvalue weighted by atomic mass is 16.1. The van der Waals surface area contributed by atoms with E-state index >= 15 is 0 Å². The maximum Gasteiger partial charge on any atom is 0.224 e. The van der Waals surface area contributed by atoms with E-state index in [2.05, 4.69) is 5.32 Å². The SMILES string of the molecule is CC(C)CC(=O)Nc1cccc(C(C)N)c1. The first kappa shape index (κ1) is 12.7. The van der Waals surface area contributed by atoms with E-state index in [-0.39, 0.29) is 11.9 Å². The number of nitrogens with two attached hydrogens (primary N) is 1. The van der Waals surface area contributed by atoms with E-state index in [1.807, 2.05) is 45.0 Å². The molecule has 0 spiro atoms. The summed E-state index contributed by atoms with van der Waals surface area (Å²) >= 11 is 0. The van der Waals surface area contributed by atoms with Gasteiger partial charge in [0.15, 0.2) is 0 Å². The van der Waals surface area contributed by atoms with Crippen LogP contribution in [0.3, 0.4) is 0 Å². The third-order valence-corrected chi connectivity index (χ3v) is 2.29. The van der Waals surface area contributed by atoms with Crippen molar-refractivity contribution in [3.8, 4) is 0 Å². The lowest BCUT2D eigenvalue weighted by Crippen LogP contribution is -2.14. The van der Waals surface area contributed by atoms with Gasteiger partial charge in [0.2, 0.25) is 5.91 Å². The Balaban J connectivity index is 2.67. The van der Waals surface area contributed by atoms with Crippen LogP contribution < -0.4 is 11.1 Å². The molecule has 0 aliphatic carbocycles. The molecule has 88 valence electrons. The minimum atomic E-state index is -0.0121. The molecule has 1 unspecified atom stereocenters. The fourth-order valence-electron chi connectivity index (χ4n) is 1.48. The highest BCUT2D eigenvalue weighted by Crippen LogP contribution is 2.16. The molecule has 0 heterocycles. The molecule has 0 aliphatic rings. The predicted molar refractivity (Wildman–Crippen MR) is 67.1 cm³/mol. The Bertz CT molecular complexity index is 359. The molecule has 0 fully saturated rings. The second-order valence-corrected chi connectivity index (χ2v) is 4.56. The molecule has 0 saturated carbocycles. The predicted octanol–water partition coefficient (Wildman–Crippen LogP) is 2.69. The molecule has 1 rings (SSSR count). The molecule has 1 amide bonds. The summed E-state index contributed by atoms with van der Waals surface area (Å²) < 4.78 is 0. The van der Waals surface area contributed by atoms with Crippen molar-refractivity contribution in [1.29, 1.82) is 0 Å². The summed E-state index contributed by atoms with van der Waals surface area (Å²) in [4.78, 5) is 11.6. The Hall–Kier alpha value is -1.35. The molecule has 3 N–H and O–H groups in total. The first-order valence-electron chi connectivity index (χ1n) is 5.64. The molecule has 0 saturated heterocycles. The lowest BCUT2D eigenvalue weighted by molar-refractivity contribution is -0.116. The topological polar surface area (TPSA) is 55.1 Å². The van der Waals surface area contributed by atoms with E-state index in [1.165, 1.54) is 0 Å². The van der Waals surface area contributed by atoms with Gasteiger partial charge in [-0.3, -0.25) is 4.79 Å². The van der Waals surface area contributed by atoms with Crippen molar-refractivity contribution >= 4 is 11.6 Å². The lowest BCUT2D eigenvalue weighted by Gasteiger charge is -2.10. The summed E-state index contributed by atoms with van der Waals surface area (Å²) in [6.45, 7) is 5.98. The Kier molecular flexibility index (Phi) is 4.50. The van der Waals surface area contributed by atoms with Crippen LogP contribution in [0.1, 0.15) is 38.8 Å². The van der Waals surface area contributed by atoms with Gasteiger partial charge in [0.25, 0.3) is 0 Å². The average molecular weight is 220 g/mol. The number of carbonyl (C=O) groups excluding carboxylic acids is 1. The summed E-state index contributed by atoms with van der Waals surface area (Å²) in [5, 5.41) is 2.87.